The minimum atomic E-state index is 0.556. The quantitative estimate of drug-likeness (QED) is 0.833. The monoisotopic (exact) mass is 214 g/mol. The number of hydrogen-bond donors (Lipinski definition) is 1. The van der Waals surface area contributed by atoms with Gasteiger partial charge in [0.15, 0.2) is 5.82 Å². The molecule has 4 nitrogen and oxygen atoms in total. The highest BCUT2D eigenvalue weighted by Crippen LogP contribution is 2.23. The molecule has 0 radical (unpaired) electrons. The summed E-state index contributed by atoms with van der Waals surface area (Å²) in [6.07, 6.45) is 8.48. The molecule has 0 unspecified atom stereocenters. The second kappa shape index (κ2) is 4.04. The summed E-state index contributed by atoms with van der Waals surface area (Å²) in [7, 11) is 0. The van der Waals surface area contributed by atoms with Gasteiger partial charge in [-0.1, -0.05) is 12.8 Å². The Morgan fingerprint density at radius 3 is 2.88 bits per heavy atom. The van der Waals surface area contributed by atoms with Gasteiger partial charge >= 0.3 is 0 Å². The zero-order chi connectivity index (χ0) is 10.8. The molecule has 16 heavy (non-hydrogen) atoms. The maximum absolute atomic E-state index is 4.34. The molecule has 0 aliphatic heterocycles. The lowest BCUT2D eigenvalue weighted by atomic mass is 10.2. The van der Waals surface area contributed by atoms with Crippen LogP contribution in [0.3, 0.4) is 0 Å². The van der Waals surface area contributed by atoms with E-state index in [1.807, 2.05) is 12.1 Å². The van der Waals surface area contributed by atoms with Crippen molar-refractivity contribution < 1.29 is 0 Å². The number of nitrogens with one attached hydrogen (secondary N) is 1. The number of aromatic nitrogens is 3. The molecule has 0 amide bonds. The van der Waals surface area contributed by atoms with E-state index >= 15 is 0 Å². The van der Waals surface area contributed by atoms with Gasteiger partial charge in [0, 0.05) is 12.2 Å². The minimum absolute atomic E-state index is 0.556. The standard InChI is InChI=1S/C12H14N4/c1-2-5-9(4-1)16-12-11-10(14-8-15-12)6-3-7-13-11/h3,6-9H,1-2,4-5H2,(H,14,15,16). The van der Waals surface area contributed by atoms with E-state index in [-0.39, 0.29) is 0 Å². The third-order valence-corrected chi connectivity index (χ3v) is 3.09. The lowest BCUT2D eigenvalue weighted by Gasteiger charge is -2.13. The topological polar surface area (TPSA) is 50.7 Å². The van der Waals surface area contributed by atoms with Gasteiger partial charge in [-0.2, -0.15) is 0 Å². The Morgan fingerprint density at radius 1 is 1.12 bits per heavy atom. The molecule has 2 heterocycles. The van der Waals surface area contributed by atoms with Crippen LogP contribution in [0.5, 0.6) is 0 Å². The summed E-state index contributed by atoms with van der Waals surface area (Å²) in [5.41, 5.74) is 1.77. The number of nitrogens with zero attached hydrogens (tertiary/aromatic N) is 3. The van der Waals surface area contributed by atoms with Gasteiger partial charge in [0.05, 0.1) is 5.52 Å². The first kappa shape index (κ1) is 9.51. The average molecular weight is 214 g/mol. The predicted molar refractivity (Wildman–Crippen MR) is 63.2 cm³/mol. The molecule has 0 bridgehead atoms. The van der Waals surface area contributed by atoms with Crippen molar-refractivity contribution in [2.75, 3.05) is 5.32 Å². The number of pyridine rings is 1. The summed E-state index contributed by atoms with van der Waals surface area (Å²) in [5, 5.41) is 3.47. The van der Waals surface area contributed by atoms with E-state index in [4.69, 9.17) is 0 Å². The van der Waals surface area contributed by atoms with Gasteiger partial charge in [0.25, 0.3) is 0 Å². The molecule has 1 saturated carbocycles. The highest BCUT2D eigenvalue weighted by Gasteiger charge is 2.16. The molecule has 2 aromatic heterocycles. The highest BCUT2D eigenvalue weighted by molar-refractivity contribution is 5.84. The largest absolute Gasteiger partial charge is 0.365 e. The van der Waals surface area contributed by atoms with Gasteiger partial charge in [-0.05, 0) is 25.0 Å². The van der Waals surface area contributed by atoms with Crippen molar-refractivity contribution >= 4 is 16.9 Å². The Bertz CT molecular complexity index is 486. The number of rotatable bonds is 2. The van der Waals surface area contributed by atoms with Gasteiger partial charge in [0.1, 0.15) is 11.8 Å². The van der Waals surface area contributed by atoms with Gasteiger partial charge in [-0.25, -0.2) is 9.97 Å². The Balaban J connectivity index is 1.96. The minimum Gasteiger partial charge on any atom is -0.365 e. The molecule has 1 aliphatic carbocycles. The Kier molecular flexibility index (Phi) is 2.40. The molecule has 0 aromatic carbocycles. The first-order chi connectivity index (χ1) is 7.93. The smallest absolute Gasteiger partial charge is 0.156 e. The maximum atomic E-state index is 4.34. The van der Waals surface area contributed by atoms with Crippen molar-refractivity contribution in [3.8, 4) is 0 Å². The van der Waals surface area contributed by atoms with Crippen LogP contribution in [0.15, 0.2) is 24.7 Å². The zero-order valence-electron chi connectivity index (χ0n) is 9.06. The van der Waals surface area contributed by atoms with Crippen molar-refractivity contribution in [3.05, 3.63) is 24.7 Å². The molecular formula is C12H14N4. The Hall–Kier alpha value is -1.71. The summed E-state index contributed by atoms with van der Waals surface area (Å²) in [4.78, 5) is 12.8. The van der Waals surface area contributed by atoms with Crippen molar-refractivity contribution in [1.82, 2.24) is 15.0 Å². The molecular weight excluding hydrogens is 200 g/mol. The molecule has 82 valence electrons. The summed E-state index contributed by atoms with van der Waals surface area (Å²) in [6, 6.07) is 4.42. The number of anilines is 1. The molecule has 0 saturated heterocycles. The van der Waals surface area contributed by atoms with E-state index in [1.54, 1.807) is 12.5 Å². The van der Waals surface area contributed by atoms with Crippen LogP contribution >= 0.6 is 0 Å². The van der Waals surface area contributed by atoms with E-state index < -0.39 is 0 Å². The molecule has 3 rings (SSSR count). The van der Waals surface area contributed by atoms with E-state index in [0.717, 1.165) is 16.9 Å². The third-order valence-electron chi connectivity index (χ3n) is 3.09. The Labute approximate surface area is 94.1 Å². The second-order valence-corrected chi connectivity index (χ2v) is 4.22. The number of fused-ring (bicyclic) bond motifs is 1. The van der Waals surface area contributed by atoms with E-state index in [0.29, 0.717) is 6.04 Å². The predicted octanol–water partition coefficient (Wildman–Crippen LogP) is 2.38. The van der Waals surface area contributed by atoms with Gasteiger partial charge < -0.3 is 5.32 Å². The third kappa shape index (κ3) is 1.71. The lowest BCUT2D eigenvalue weighted by Crippen LogP contribution is -2.16. The first-order valence-corrected chi connectivity index (χ1v) is 5.76. The molecule has 0 spiro atoms. The molecule has 2 aromatic rings. The number of hydrogen-bond acceptors (Lipinski definition) is 4. The summed E-state index contributed by atoms with van der Waals surface area (Å²) >= 11 is 0. The summed E-state index contributed by atoms with van der Waals surface area (Å²) in [5.74, 6) is 0.873. The van der Waals surface area contributed by atoms with Crippen LogP contribution < -0.4 is 5.32 Å². The van der Waals surface area contributed by atoms with E-state index in [2.05, 4.69) is 20.3 Å². The van der Waals surface area contributed by atoms with E-state index in [1.165, 1.54) is 25.7 Å². The first-order valence-electron chi connectivity index (χ1n) is 5.76. The average Bonchev–Trinajstić information content (AvgIpc) is 2.82. The van der Waals surface area contributed by atoms with Crippen LogP contribution in [-0.2, 0) is 0 Å². The second-order valence-electron chi connectivity index (χ2n) is 4.22. The van der Waals surface area contributed by atoms with Gasteiger partial charge in [-0.15, -0.1) is 0 Å². The molecule has 1 aliphatic rings. The van der Waals surface area contributed by atoms with Crippen LogP contribution in [0, 0.1) is 0 Å². The maximum Gasteiger partial charge on any atom is 0.156 e. The zero-order valence-corrected chi connectivity index (χ0v) is 9.06. The normalized spacial score (nSPS) is 16.8. The molecule has 4 heteroatoms. The van der Waals surface area contributed by atoms with E-state index in [9.17, 15) is 0 Å². The van der Waals surface area contributed by atoms with Crippen LogP contribution in [0.25, 0.3) is 11.0 Å². The Morgan fingerprint density at radius 2 is 2.00 bits per heavy atom. The molecule has 0 atom stereocenters. The van der Waals surface area contributed by atoms with Crippen molar-refractivity contribution in [1.29, 1.82) is 0 Å². The fraction of sp³-hybridized carbons (Fsp3) is 0.417. The van der Waals surface area contributed by atoms with Crippen molar-refractivity contribution in [3.63, 3.8) is 0 Å². The molecule has 1 fully saturated rings. The highest BCUT2D eigenvalue weighted by atomic mass is 15.1. The fourth-order valence-corrected chi connectivity index (χ4v) is 2.26. The SMILES string of the molecule is c1cnc2c(NC3CCCC3)ncnc2c1. The van der Waals surface area contributed by atoms with Crippen LogP contribution in [-0.4, -0.2) is 21.0 Å². The summed E-state index contributed by atoms with van der Waals surface area (Å²) < 4.78 is 0. The summed E-state index contributed by atoms with van der Waals surface area (Å²) in [6.45, 7) is 0. The fourth-order valence-electron chi connectivity index (χ4n) is 2.26. The molecule has 1 N–H and O–H groups in total. The van der Waals surface area contributed by atoms with Crippen molar-refractivity contribution in [2.45, 2.75) is 31.7 Å². The van der Waals surface area contributed by atoms with Gasteiger partial charge in [-0.3, -0.25) is 4.98 Å². The van der Waals surface area contributed by atoms with Gasteiger partial charge in [0.2, 0.25) is 0 Å². The van der Waals surface area contributed by atoms with Crippen LogP contribution in [0.1, 0.15) is 25.7 Å². The van der Waals surface area contributed by atoms with Crippen molar-refractivity contribution in [2.24, 2.45) is 0 Å². The van der Waals surface area contributed by atoms with Crippen LogP contribution in [0.4, 0.5) is 5.82 Å². The lowest BCUT2D eigenvalue weighted by molar-refractivity contribution is 0.751. The van der Waals surface area contributed by atoms with Crippen LogP contribution in [0.2, 0.25) is 0 Å².